The second-order valence-electron chi connectivity index (χ2n) is 7.48. The van der Waals surface area contributed by atoms with Crippen molar-refractivity contribution in [3.8, 4) is 0 Å². The zero-order valence-electron chi connectivity index (χ0n) is 17.9. The molecule has 1 aromatic heterocycles. The summed E-state index contributed by atoms with van der Waals surface area (Å²) in [5, 5.41) is 7.89. The minimum absolute atomic E-state index is 0.193. The van der Waals surface area contributed by atoms with Crippen molar-refractivity contribution in [2.45, 2.75) is 40.4 Å². The van der Waals surface area contributed by atoms with Gasteiger partial charge in [0.05, 0.1) is 30.9 Å². The van der Waals surface area contributed by atoms with Crippen LogP contribution in [0.1, 0.15) is 46.6 Å². The third-order valence-electron chi connectivity index (χ3n) is 5.47. The fourth-order valence-electron chi connectivity index (χ4n) is 3.61. The van der Waals surface area contributed by atoms with Gasteiger partial charge < -0.3 is 10.2 Å². The molecule has 2 N–H and O–H groups in total. The van der Waals surface area contributed by atoms with Crippen molar-refractivity contribution in [2.24, 2.45) is 0 Å². The number of amides is 1. The van der Waals surface area contributed by atoms with Crippen LogP contribution >= 0.6 is 11.6 Å². The molecule has 3 aromatic rings. The molecule has 0 aliphatic heterocycles. The maximum Gasteiger partial charge on any atom is 0.256 e. The highest BCUT2D eigenvalue weighted by molar-refractivity contribution is 6.33. The van der Waals surface area contributed by atoms with Crippen molar-refractivity contribution in [3.63, 3.8) is 0 Å². The molecule has 30 heavy (non-hydrogen) atoms. The van der Waals surface area contributed by atoms with Gasteiger partial charge in [0.15, 0.2) is 0 Å². The average Bonchev–Trinajstić information content (AvgIpc) is 3.04. The smallest absolute Gasteiger partial charge is 0.256 e. The molecule has 0 saturated heterocycles. The van der Waals surface area contributed by atoms with Crippen molar-refractivity contribution < 1.29 is 9.69 Å². The molecule has 6 heteroatoms. The number of aryl methyl sites for hydroxylation is 1. The lowest BCUT2D eigenvalue weighted by atomic mass is 10.1. The van der Waals surface area contributed by atoms with Crippen molar-refractivity contribution in [2.75, 3.05) is 13.1 Å². The number of nitrogens with one attached hydrogen (secondary N) is 2. The number of benzene rings is 2. The Kier molecular flexibility index (Phi) is 7.66. The van der Waals surface area contributed by atoms with Crippen molar-refractivity contribution in [1.82, 2.24) is 15.1 Å². The van der Waals surface area contributed by atoms with E-state index in [0.29, 0.717) is 29.5 Å². The molecule has 3 rings (SSSR count). The van der Waals surface area contributed by atoms with Crippen LogP contribution in [0.25, 0.3) is 0 Å². The van der Waals surface area contributed by atoms with Crippen LogP contribution < -0.4 is 10.2 Å². The summed E-state index contributed by atoms with van der Waals surface area (Å²) < 4.78 is 1.68. The lowest BCUT2D eigenvalue weighted by Gasteiger charge is -2.18. The van der Waals surface area contributed by atoms with Gasteiger partial charge in [0.25, 0.3) is 5.91 Å². The number of carbonyl (C=O) groups is 1. The molecule has 5 nitrogen and oxygen atoms in total. The summed E-state index contributed by atoms with van der Waals surface area (Å²) in [6.07, 6.45) is 0. The van der Waals surface area contributed by atoms with Crippen molar-refractivity contribution in [3.05, 3.63) is 87.7 Å². The Morgan fingerprint density at radius 1 is 1.03 bits per heavy atom. The molecule has 0 spiro atoms. The molecule has 0 fully saturated rings. The van der Waals surface area contributed by atoms with E-state index >= 15 is 0 Å². The van der Waals surface area contributed by atoms with E-state index in [4.69, 9.17) is 11.6 Å². The predicted molar refractivity (Wildman–Crippen MR) is 121 cm³/mol. The number of halogens is 1. The number of hydrogen-bond acceptors (Lipinski definition) is 2. The molecular weight excluding hydrogens is 396 g/mol. The Bertz CT molecular complexity index is 980. The molecule has 0 aliphatic carbocycles. The Morgan fingerprint density at radius 3 is 2.33 bits per heavy atom. The first-order chi connectivity index (χ1) is 14.5. The van der Waals surface area contributed by atoms with Crippen LogP contribution in [0, 0.1) is 6.92 Å². The number of aromatic nitrogens is 2. The van der Waals surface area contributed by atoms with Crippen molar-refractivity contribution in [1.29, 1.82) is 0 Å². The predicted octanol–water partition coefficient (Wildman–Crippen LogP) is 3.25. The standard InChI is InChI=1S/C24H29ClN4O/c1-4-28(5-2)17-21-14-10-9-13-20(21)15-26-24(30)22-18(3)27-29(23(22)25)16-19-11-7-6-8-12-19/h6-14H,4-5,15-17H2,1-3H3,(H,26,30)/p+1. The third kappa shape index (κ3) is 5.29. The number of quaternary nitrogens is 1. The molecule has 0 aliphatic rings. The molecular formula is C24H30ClN4O+. The van der Waals surface area contributed by atoms with E-state index < -0.39 is 0 Å². The van der Waals surface area contributed by atoms with E-state index in [1.54, 1.807) is 4.68 Å². The van der Waals surface area contributed by atoms with Gasteiger partial charge in [-0.2, -0.15) is 5.10 Å². The maximum atomic E-state index is 12.9. The van der Waals surface area contributed by atoms with Gasteiger partial charge in [-0.05, 0) is 31.9 Å². The van der Waals surface area contributed by atoms with Gasteiger partial charge in [0.2, 0.25) is 0 Å². The van der Waals surface area contributed by atoms with Gasteiger partial charge in [-0.3, -0.25) is 4.79 Å². The summed E-state index contributed by atoms with van der Waals surface area (Å²) in [5.41, 5.74) is 4.56. The molecule has 158 valence electrons. The topological polar surface area (TPSA) is 51.4 Å². The molecule has 0 bridgehead atoms. The highest BCUT2D eigenvalue weighted by atomic mass is 35.5. The summed E-state index contributed by atoms with van der Waals surface area (Å²) in [6.45, 7) is 10.3. The average molecular weight is 426 g/mol. The highest BCUT2D eigenvalue weighted by Gasteiger charge is 2.20. The van der Waals surface area contributed by atoms with Crippen LogP contribution in [0.5, 0.6) is 0 Å². The van der Waals surface area contributed by atoms with E-state index in [2.05, 4.69) is 42.5 Å². The number of nitrogens with zero attached hydrogens (tertiary/aromatic N) is 2. The minimum Gasteiger partial charge on any atom is -0.348 e. The number of carbonyl (C=O) groups excluding carboxylic acids is 1. The van der Waals surface area contributed by atoms with Crippen molar-refractivity contribution >= 4 is 17.5 Å². The first-order valence-corrected chi connectivity index (χ1v) is 10.9. The first kappa shape index (κ1) is 22.1. The second-order valence-corrected chi connectivity index (χ2v) is 7.84. The first-order valence-electron chi connectivity index (χ1n) is 10.5. The summed E-state index contributed by atoms with van der Waals surface area (Å²) in [5.74, 6) is -0.193. The minimum atomic E-state index is -0.193. The van der Waals surface area contributed by atoms with E-state index in [1.807, 2.05) is 43.3 Å². The van der Waals surface area contributed by atoms with Crippen LogP contribution in [0.15, 0.2) is 54.6 Å². The summed E-state index contributed by atoms with van der Waals surface area (Å²) in [6, 6.07) is 18.2. The van der Waals surface area contributed by atoms with Gasteiger partial charge in [0, 0.05) is 12.1 Å². The van der Waals surface area contributed by atoms with Gasteiger partial charge in [0.1, 0.15) is 11.7 Å². The van der Waals surface area contributed by atoms with Crippen LogP contribution in [0.3, 0.4) is 0 Å². The maximum absolute atomic E-state index is 12.9. The zero-order chi connectivity index (χ0) is 21.5. The summed E-state index contributed by atoms with van der Waals surface area (Å²) in [7, 11) is 0. The summed E-state index contributed by atoms with van der Waals surface area (Å²) in [4.78, 5) is 14.4. The lowest BCUT2D eigenvalue weighted by molar-refractivity contribution is -0.910. The summed E-state index contributed by atoms with van der Waals surface area (Å²) >= 11 is 6.53. The van der Waals surface area contributed by atoms with Crippen LogP contribution in [-0.2, 0) is 19.6 Å². The quantitative estimate of drug-likeness (QED) is 0.553. The molecule has 0 atom stereocenters. The fourth-order valence-corrected chi connectivity index (χ4v) is 3.93. The molecule has 1 amide bonds. The number of hydrogen-bond donors (Lipinski definition) is 2. The Balaban J connectivity index is 1.72. The molecule has 0 radical (unpaired) electrons. The molecule has 1 heterocycles. The second kappa shape index (κ2) is 10.4. The lowest BCUT2D eigenvalue weighted by Crippen LogP contribution is -3.10. The molecule has 2 aromatic carbocycles. The monoisotopic (exact) mass is 425 g/mol. The van der Waals surface area contributed by atoms with Crippen LogP contribution in [0.4, 0.5) is 0 Å². The Labute approximate surface area is 183 Å². The third-order valence-corrected chi connectivity index (χ3v) is 5.85. The fraction of sp³-hybridized carbons (Fsp3) is 0.333. The number of rotatable bonds is 9. The largest absolute Gasteiger partial charge is 0.348 e. The Hall–Kier alpha value is -2.63. The molecule has 0 saturated carbocycles. The van der Waals surface area contributed by atoms with E-state index in [0.717, 1.165) is 30.8 Å². The van der Waals surface area contributed by atoms with Gasteiger partial charge in [-0.15, -0.1) is 0 Å². The van der Waals surface area contributed by atoms with E-state index in [9.17, 15) is 4.79 Å². The van der Waals surface area contributed by atoms with Gasteiger partial charge >= 0.3 is 0 Å². The molecule has 0 unspecified atom stereocenters. The normalized spacial score (nSPS) is 11.1. The van der Waals surface area contributed by atoms with Gasteiger partial charge in [-0.1, -0.05) is 66.2 Å². The van der Waals surface area contributed by atoms with Gasteiger partial charge in [-0.25, -0.2) is 4.68 Å². The highest BCUT2D eigenvalue weighted by Crippen LogP contribution is 2.21. The Morgan fingerprint density at radius 2 is 1.67 bits per heavy atom. The van der Waals surface area contributed by atoms with E-state index in [1.165, 1.54) is 10.5 Å². The van der Waals surface area contributed by atoms with Crippen LogP contribution in [0.2, 0.25) is 5.15 Å². The SMILES string of the molecule is CC[NH+](CC)Cc1ccccc1CNC(=O)c1c(C)nn(Cc2ccccc2)c1Cl. The van der Waals surface area contributed by atoms with Crippen LogP contribution in [-0.4, -0.2) is 28.8 Å². The zero-order valence-corrected chi connectivity index (χ0v) is 18.7. The van der Waals surface area contributed by atoms with E-state index in [-0.39, 0.29) is 5.91 Å².